The minimum atomic E-state index is -3.11. The molecule has 1 fully saturated rings. The Labute approximate surface area is 171 Å². The van der Waals surface area contributed by atoms with Crippen LogP contribution in [0.1, 0.15) is 25.8 Å². The van der Waals surface area contributed by atoms with Gasteiger partial charge in [0.1, 0.15) is 0 Å². The Bertz CT molecular complexity index is 879. The van der Waals surface area contributed by atoms with Crippen LogP contribution >= 0.6 is 0 Å². The maximum absolute atomic E-state index is 12.4. The summed E-state index contributed by atoms with van der Waals surface area (Å²) >= 11 is 0. The van der Waals surface area contributed by atoms with Crippen LogP contribution < -0.4 is 9.47 Å². The second-order valence-electron chi connectivity index (χ2n) is 6.76. The van der Waals surface area contributed by atoms with E-state index in [1.165, 1.54) is 32.1 Å². The van der Waals surface area contributed by atoms with E-state index in [0.29, 0.717) is 30.1 Å². The molecule has 0 N–H and O–H groups in total. The van der Waals surface area contributed by atoms with Gasteiger partial charge in [0, 0.05) is 19.2 Å². The van der Waals surface area contributed by atoms with Crippen molar-refractivity contribution in [3.8, 4) is 11.5 Å². The molecule has 2 atom stereocenters. The lowest BCUT2D eigenvalue weighted by atomic mass is 10.2. The maximum Gasteiger partial charge on any atom is 0.331 e. The van der Waals surface area contributed by atoms with Gasteiger partial charge in [0.2, 0.25) is 0 Å². The zero-order valence-corrected chi connectivity index (χ0v) is 17.9. The molecule has 0 spiro atoms. The number of benzene rings is 1. The molecule has 0 saturated carbocycles. The number of hydrogen-bond acceptors (Lipinski definition) is 7. The summed E-state index contributed by atoms with van der Waals surface area (Å²) in [5.41, 5.74) is 0.703. The molecule has 160 valence electrons. The van der Waals surface area contributed by atoms with Crippen molar-refractivity contribution in [3.63, 3.8) is 0 Å². The lowest BCUT2D eigenvalue weighted by molar-refractivity contribution is -0.155. The van der Waals surface area contributed by atoms with Crippen LogP contribution in [0.15, 0.2) is 24.3 Å². The third-order valence-electron chi connectivity index (χ3n) is 4.64. The van der Waals surface area contributed by atoms with E-state index in [0.717, 1.165) is 0 Å². The van der Waals surface area contributed by atoms with Crippen molar-refractivity contribution in [1.82, 2.24) is 4.90 Å². The molecule has 1 aliphatic rings. The van der Waals surface area contributed by atoms with Gasteiger partial charge in [0.15, 0.2) is 27.4 Å². The molecule has 1 heterocycles. The summed E-state index contributed by atoms with van der Waals surface area (Å²) in [6.07, 6.45) is 2.14. The Morgan fingerprint density at radius 1 is 1.31 bits per heavy atom. The monoisotopic (exact) mass is 425 g/mol. The summed E-state index contributed by atoms with van der Waals surface area (Å²) < 4.78 is 39.0. The summed E-state index contributed by atoms with van der Waals surface area (Å²) in [5, 5.41) is 0. The molecule has 0 bridgehead atoms. The highest BCUT2D eigenvalue weighted by Gasteiger charge is 2.34. The van der Waals surface area contributed by atoms with Crippen molar-refractivity contribution in [2.75, 3.05) is 32.3 Å². The first kappa shape index (κ1) is 22.7. The van der Waals surface area contributed by atoms with Gasteiger partial charge in [0.25, 0.3) is 5.91 Å². The Balaban J connectivity index is 1.95. The van der Waals surface area contributed by atoms with E-state index in [1.54, 1.807) is 24.3 Å². The summed E-state index contributed by atoms with van der Waals surface area (Å²) in [6.45, 7) is 3.84. The zero-order chi connectivity index (χ0) is 21.6. The van der Waals surface area contributed by atoms with Gasteiger partial charge in [-0.3, -0.25) is 4.79 Å². The molecule has 9 heteroatoms. The van der Waals surface area contributed by atoms with E-state index in [9.17, 15) is 18.0 Å². The number of ether oxygens (including phenoxy) is 3. The molecule has 0 radical (unpaired) electrons. The Morgan fingerprint density at radius 2 is 2.03 bits per heavy atom. The van der Waals surface area contributed by atoms with Gasteiger partial charge in [-0.2, -0.15) is 0 Å². The number of likely N-dealkylation sites (N-methyl/N-ethyl adjacent to an activating group) is 1. The molecule has 2 rings (SSSR count). The van der Waals surface area contributed by atoms with E-state index in [-0.39, 0.29) is 17.5 Å². The van der Waals surface area contributed by atoms with Crippen LogP contribution in [0.2, 0.25) is 0 Å². The molecule has 0 unspecified atom stereocenters. The molecule has 1 aliphatic heterocycles. The quantitative estimate of drug-likeness (QED) is 0.462. The molecule has 1 aromatic rings. The summed E-state index contributed by atoms with van der Waals surface area (Å²) in [7, 11) is -0.0519. The number of amides is 1. The lowest BCUT2D eigenvalue weighted by Crippen LogP contribution is -2.44. The molecule has 1 amide bonds. The average molecular weight is 426 g/mol. The number of esters is 1. The van der Waals surface area contributed by atoms with Gasteiger partial charge in [-0.1, -0.05) is 6.07 Å². The molecule has 8 nitrogen and oxygen atoms in total. The van der Waals surface area contributed by atoms with Crippen molar-refractivity contribution in [3.05, 3.63) is 29.8 Å². The number of sulfone groups is 1. The fourth-order valence-electron chi connectivity index (χ4n) is 3.04. The smallest absolute Gasteiger partial charge is 0.331 e. The van der Waals surface area contributed by atoms with E-state index in [1.807, 2.05) is 6.92 Å². The van der Waals surface area contributed by atoms with Crippen LogP contribution in [-0.2, 0) is 24.2 Å². The van der Waals surface area contributed by atoms with Crippen LogP contribution in [-0.4, -0.2) is 69.6 Å². The number of carbonyl (C=O) groups excluding carboxylic acids is 2. The first-order valence-electron chi connectivity index (χ1n) is 9.33. The molecule has 1 aromatic carbocycles. The van der Waals surface area contributed by atoms with E-state index in [2.05, 4.69) is 0 Å². The number of methoxy groups -OCH3 is 1. The minimum Gasteiger partial charge on any atom is -0.493 e. The van der Waals surface area contributed by atoms with Crippen LogP contribution in [0.5, 0.6) is 11.5 Å². The molecule has 0 aliphatic carbocycles. The molecular formula is C20H27NO7S. The SMILES string of the molecule is CCOc1ccc(/C=C/C(=O)O[C@@H](C)C(=O)N(C)[C@H]2CCS(=O)(=O)C2)cc1OC. The van der Waals surface area contributed by atoms with Crippen molar-refractivity contribution in [2.24, 2.45) is 0 Å². The standard InChI is InChI=1S/C20H27NO7S/c1-5-27-17-8-6-15(12-18(17)26-4)7-9-19(22)28-14(2)20(23)21(3)16-10-11-29(24,25)13-16/h6-9,12,14,16H,5,10-11,13H2,1-4H3/b9-7+/t14-,16-/m0/s1. The topological polar surface area (TPSA) is 99.2 Å². The van der Waals surface area contributed by atoms with Crippen molar-refractivity contribution in [1.29, 1.82) is 0 Å². The minimum absolute atomic E-state index is 0.0601. The normalized spacial score (nSPS) is 19.0. The summed E-state index contributed by atoms with van der Waals surface area (Å²) in [6, 6.07) is 4.84. The van der Waals surface area contributed by atoms with Gasteiger partial charge in [-0.25, -0.2) is 13.2 Å². The third kappa shape index (κ3) is 6.22. The lowest BCUT2D eigenvalue weighted by Gasteiger charge is -2.26. The summed E-state index contributed by atoms with van der Waals surface area (Å²) in [4.78, 5) is 25.9. The van der Waals surface area contributed by atoms with E-state index in [4.69, 9.17) is 14.2 Å². The predicted molar refractivity (Wildman–Crippen MR) is 109 cm³/mol. The van der Waals surface area contributed by atoms with Gasteiger partial charge in [0.05, 0.1) is 25.2 Å². The maximum atomic E-state index is 12.4. The predicted octanol–water partition coefficient (Wildman–Crippen LogP) is 1.68. The molecule has 29 heavy (non-hydrogen) atoms. The van der Waals surface area contributed by atoms with Crippen molar-refractivity contribution >= 4 is 27.8 Å². The first-order chi connectivity index (χ1) is 13.7. The van der Waals surface area contributed by atoms with E-state index < -0.39 is 27.8 Å². The highest BCUT2D eigenvalue weighted by Crippen LogP contribution is 2.28. The Hall–Kier alpha value is -2.55. The van der Waals surface area contributed by atoms with E-state index >= 15 is 0 Å². The van der Waals surface area contributed by atoms with Crippen LogP contribution in [0, 0.1) is 0 Å². The second kappa shape index (κ2) is 9.78. The first-order valence-corrected chi connectivity index (χ1v) is 11.2. The molecular weight excluding hydrogens is 398 g/mol. The van der Waals surface area contributed by atoms with Gasteiger partial charge in [-0.15, -0.1) is 0 Å². The van der Waals surface area contributed by atoms with Crippen molar-refractivity contribution < 1.29 is 32.2 Å². The van der Waals surface area contributed by atoms with Crippen LogP contribution in [0.3, 0.4) is 0 Å². The summed E-state index contributed by atoms with van der Waals surface area (Å²) in [5.74, 6) is 0.0420. The van der Waals surface area contributed by atoms with Gasteiger partial charge >= 0.3 is 5.97 Å². The molecule has 0 aromatic heterocycles. The number of nitrogens with zero attached hydrogens (tertiary/aromatic N) is 1. The number of rotatable bonds is 8. The fourth-order valence-corrected chi connectivity index (χ4v) is 4.81. The Morgan fingerprint density at radius 3 is 2.62 bits per heavy atom. The highest BCUT2D eigenvalue weighted by atomic mass is 32.2. The Kier molecular flexibility index (Phi) is 7.66. The van der Waals surface area contributed by atoms with Crippen LogP contribution in [0.25, 0.3) is 6.08 Å². The number of hydrogen-bond donors (Lipinski definition) is 0. The molecule has 1 saturated heterocycles. The largest absolute Gasteiger partial charge is 0.493 e. The number of carbonyl (C=O) groups is 2. The van der Waals surface area contributed by atoms with Crippen LogP contribution in [0.4, 0.5) is 0 Å². The fraction of sp³-hybridized carbons (Fsp3) is 0.500. The average Bonchev–Trinajstić information content (AvgIpc) is 3.05. The third-order valence-corrected chi connectivity index (χ3v) is 6.39. The van der Waals surface area contributed by atoms with Gasteiger partial charge in [-0.05, 0) is 44.0 Å². The van der Waals surface area contributed by atoms with Gasteiger partial charge < -0.3 is 19.1 Å². The highest BCUT2D eigenvalue weighted by molar-refractivity contribution is 7.91. The zero-order valence-electron chi connectivity index (χ0n) is 17.1. The van der Waals surface area contributed by atoms with Crippen molar-refractivity contribution in [2.45, 2.75) is 32.4 Å². The second-order valence-corrected chi connectivity index (χ2v) is 8.99.